The predicted octanol–water partition coefficient (Wildman–Crippen LogP) is 3.83. The Morgan fingerprint density at radius 3 is 2.87 bits per heavy atom. The second kappa shape index (κ2) is 7.14. The molecule has 0 radical (unpaired) electrons. The highest BCUT2D eigenvalue weighted by molar-refractivity contribution is 7.98. The molecule has 2 aromatic heterocycles. The lowest BCUT2D eigenvalue weighted by molar-refractivity contribution is 0.0683. The number of para-hydroxylation sites is 2. The van der Waals surface area contributed by atoms with Gasteiger partial charge in [-0.1, -0.05) is 29.1 Å². The van der Waals surface area contributed by atoms with E-state index in [2.05, 4.69) is 32.7 Å². The van der Waals surface area contributed by atoms with Crippen LogP contribution in [0.5, 0.6) is 0 Å². The number of ether oxygens (including phenoxy) is 1. The van der Waals surface area contributed by atoms with Gasteiger partial charge in [-0.3, -0.25) is 0 Å². The van der Waals surface area contributed by atoms with Crippen molar-refractivity contribution >= 4 is 22.8 Å². The van der Waals surface area contributed by atoms with E-state index in [1.165, 1.54) is 0 Å². The third-order valence-electron chi connectivity index (χ3n) is 3.52. The van der Waals surface area contributed by atoms with Crippen LogP contribution in [0.4, 0.5) is 0 Å². The van der Waals surface area contributed by atoms with E-state index in [0.717, 1.165) is 22.7 Å². The van der Waals surface area contributed by atoms with E-state index in [9.17, 15) is 0 Å². The fourth-order valence-corrected chi connectivity index (χ4v) is 3.33. The molecule has 1 unspecified atom stereocenters. The quantitative estimate of drug-likeness (QED) is 0.613. The van der Waals surface area contributed by atoms with Crippen molar-refractivity contribution in [1.29, 1.82) is 0 Å². The average Bonchev–Trinajstić information content (AvgIpc) is 3.17. The first-order valence-corrected chi connectivity index (χ1v) is 8.73. The molecule has 0 aliphatic carbocycles. The maximum absolute atomic E-state index is 5.47. The summed E-state index contributed by atoms with van der Waals surface area (Å²) in [7, 11) is 0. The van der Waals surface area contributed by atoms with Crippen molar-refractivity contribution in [1.82, 2.24) is 19.7 Å². The van der Waals surface area contributed by atoms with Crippen LogP contribution in [0.15, 0.2) is 33.9 Å². The lowest BCUT2D eigenvalue weighted by Gasteiger charge is -2.05. The molecule has 3 aromatic rings. The largest absolute Gasteiger partial charge is 0.371 e. The Morgan fingerprint density at radius 1 is 1.26 bits per heavy atom. The maximum Gasteiger partial charge on any atom is 0.237 e. The fourth-order valence-electron chi connectivity index (χ4n) is 2.41. The van der Waals surface area contributed by atoms with Gasteiger partial charge >= 0.3 is 0 Å². The number of aryl methyl sites for hydroxylation is 1. The van der Waals surface area contributed by atoms with Gasteiger partial charge in [-0.15, -0.1) is 0 Å². The van der Waals surface area contributed by atoms with Gasteiger partial charge in [0.15, 0.2) is 11.0 Å². The second-order valence-electron chi connectivity index (χ2n) is 5.06. The van der Waals surface area contributed by atoms with E-state index in [1.807, 2.05) is 32.0 Å². The monoisotopic (exact) mass is 332 g/mol. The van der Waals surface area contributed by atoms with Crippen LogP contribution < -0.4 is 0 Å². The Bertz CT molecular complexity index is 783. The van der Waals surface area contributed by atoms with Crippen LogP contribution in [-0.4, -0.2) is 26.3 Å². The Balaban J connectivity index is 1.73. The molecule has 23 heavy (non-hydrogen) atoms. The van der Waals surface area contributed by atoms with Gasteiger partial charge in [-0.2, -0.15) is 4.98 Å². The van der Waals surface area contributed by atoms with Gasteiger partial charge in [-0.05, 0) is 32.9 Å². The molecule has 3 rings (SSSR count). The van der Waals surface area contributed by atoms with Gasteiger partial charge in [0.25, 0.3) is 0 Å². The topological polar surface area (TPSA) is 66.0 Å². The molecule has 0 saturated carbocycles. The first-order chi connectivity index (χ1) is 11.2. The van der Waals surface area contributed by atoms with E-state index in [-0.39, 0.29) is 6.10 Å². The van der Waals surface area contributed by atoms with Gasteiger partial charge in [0.1, 0.15) is 6.10 Å². The van der Waals surface area contributed by atoms with Gasteiger partial charge in [0, 0.05) is 13.2 Å². The molecular weight excluding hydrogens is 312 g/mol. The van der Waals surface area contributed by atoms with Crippen LogP contribution in [0.25, 0.3) is 11.0 Å². The molecule has 0 spiro atoms. The van der Waals surface area contributed by atoms with Crippen molar-refractivity contribution in [3.63, 3.8) is 0 Å². The first-order valence-electron chi connectivity index (χ1n) is 7.75. The predicted molar refractivity (Wildman–Crippen MR) is 89.3 cm³/mol. The minimum atomic E-state index is -0.150. The highest BCUT2D eigenvalue weighted by atomic mass is 32.2. The van der Waals surface area contributed by atoms with Crippen LogP contribution in [0.1, 0.15) is 38.6 Å². The van der Waals surface area contributed by atoms with Gasteiger partial charge in [0.05, 0.1) is 16.8 Å². The molecule has 6 nitrogen and oxygen atoms in total. The zero-order valence-electron chi connectivity index (χ0n) is 13.5. The minimum Gasteiger partial charge on any atom is -0.371 e. The summed E-state index contributed by atoms with van der Waals surface area (Å²) in [5.41, 5.74) is 2.15. The average molecular weight is 332 g/mol. The summed E-state index contributed by atoms with van der Waals surface area (Å²) < 4.78 is 13.0. The normalized spacial score (nSPS) is 12.8. The van der Waals surface area contributed by atoms with E-state index in [4.69, 9.17) is 9.26 Å². The fraction of sp³-hybridized carbons (Fsp3) is 0.438. The molecule has 0 amide bonds. The summed E-state index contributed by atoms with van der Waals surface area (Å²) in [5.74, 6) is 1.77. The third kappa shape index (κ3) is 3.40. The van der Waals surface area contributed by atoms with Crippen LogP contribution in [0.2, 0.25) is 0 Å². The van der Waals surface area contributed by atoms with E-state index in [0.29, 0.717) is 24.1 Å². The van der Waals surface area contributed by atoms with Gasteiger partial charge < -0.3 is 13.8 Å². The SMILES string of the molecule is CCOC(C)c1noc(CSc2nc3ccccc3n2CC)n1. The molecule has 0 fully saturated rings. The number of nitrogens with zero attached hydrogens (tertiary/aromatic N) is 4. The molecule has 0 N–H and O–H groups in total. The second-order valence-corrected chi connectivity index (χ2v) is 6.00. The van der Waals surface area contributed by atoms with Crippen molar-refractivity contribution in [3.8, 4) is 0 Å². The number of hydrogen-bond acceptors (Lipinski definition) is 6. The maximum atomic E-state index is 5.47. The van der Waals surface area contributed by atoms with Crippen molar-refractivity contribution in [2.24, 2.45) is 0 Å². The molecule has 0 saturated heterocycles. The molecule has 0 aliphatic rings. The van der Waals surface area contributed by atoms with Crippen molar-refractivity contribution in [3.05, 3.63) is 36.0 Å². The molecule has 0 aliphatic heterocycles. The van der Waals surface area contributed by atoms with Gasteiger partial charge in [0.2, 0.25) is 5.89 Å². The minimum absolute atomic E-state index is 0.150. The lowest BCUT2D eigenvalue weighted by atomic mass is 10.3. The Labute approximate surface area is 139 Å². The van der Waals surface area contributed by atoms with E-state index >= 15 is 0 Å². The van der Waals surface area contributed by atoms with E-state index in [1.54, 1.807) is 11.8 Å². The highest BCUT2D eigenvalue weighted by Crippen LogP contribution is 2.26. The van der Waals surface area contributed by atoms with Crippen LogP contribution >= 0.6 is 11.8 Å². The summed E-state index contributed by atoms with van der Waals surface area (Å²) in [4.78, 5) is 9.07. The number of fused-ring (bicyclic) bond motifs is 1. The Kier molecular flexibility index (Phi) is 4.97. The smallest absolute Gasteiger partial charge is 0.237 e. The lowest BCUT2D eigenvalue weighted by Crippen LogP contribution is -2.01. The van der Waals surface area contributed by atoms with Crippen LogP contribution in [0.3, 0.4) is 0 Å². The first kappa shape index (κ1) is 16.0. The summed E-state index contributed by atoms with van der Waals surface area (Å²) in [6.45, 7) is 7.48. The summed E-state index contributed by atoms with van der Waals surface area (Å²) in [5, 5.41) is 4.94. The number of rotatable bonds is 7. The summed E-state index contributed by atoms with van der Waals surface area (Å²) in [6.07, 6.45) is -0.150. The molecule has 122 valence electrons. The number of benzene rings is 1. The summed E-state index contributed by atoms with van der Waals surface area (Å²) in [6, 6.07) is 8.15. The van der Waals surface area contributed by atoms with Gasteiger partial charge in [-0.25, -0.2) is 4.98 Å². The summed E-state index contributed by atoms with van der Waals surface area (Å²) >= 11 is 1.60. The van der Waals surface area contributed by atoms with Crippen molar-refractivity contribution in [2.75, 3.05) is 6.61 Å². The zero-order chi connectivity index (χ0) is 16.2. The number of imidazole rings is 1. The number of hydrogen-bond donors (Lipinski definition) is 0. The van der Waals surface area contributed by atoms with Crippen LogP contribution in [0, 0.1) is 0 Å². The number of thioether (sulfide) groups is 1. The van der Waals surface area contributed by atoms with Crippen LogP contribution in [-0.2, 0) is 17.0 Å². The molecule has 2 heterocycles. The molecule has 1 atom stereocenters. The molecule has 1 aromatic carbocycles. The Morgan fingerprint density at radius 2 is 2.09 bits per heavy atom. The van der Waals surface area contributed by atoms with Crippen molar-refractivity contribution in [2.45, 2.75) is 44.3 Å². The molecular formula is C16H20N4O2S. The number of aromatic nitrogens is 4. The molecule has 0 bridgehead atoms. The third-order valence-corrected chi connectivity index (χ3v) is 4.49. The molecule has 7 heteroatoms. The standard InChI is InChI=1S/C16H20N4O2S/c1-4-20-13-9-7-6-8-12(13)17-16(20)23-10-14-18-15(19-22-14)11(3)21-5-2/h6-9,11H,4-5,10H2,1-3H3. The highest BCUT2D eigenvalue weighted by Gasteiger charge is 2.15. The zero-order valence-corrected chi connectivity index (χ0v) is 14.3. The van der Waals surface area contributed by atoms with E-state index < -0.39 is 0 Å². The Hall–Kier alpha value is -1.86. The van der Waals surface area contributed by atoms with Crippen molar-refractivity contribution < 1.29 is 9.26 Å².